The quantitative estimate of drug-likeness (QED) is 0.173. The summed E-state index contributed by atoms with van der Waals surface area (Å²) in [6.07, 6.45) is 6.24. The molecule has 2 N–H and O–H groups in total. The number of hydrogen-bond donors (Lipinski definition) is 2. The van der Waals surface area contributed by atoms with Crippen molar-refractivity contribution in [2.75, 3.05) is 7.11 Å². The summed E-state index contributed by atoms with van der Waals surface area (Å²) in [7, 11) is 1.28. The van der Waals surface area contributed by atoms with Crippen LogP contribution in [0, 0.1) is 29.1 Å². The van der Waals surface area contributed by atoms with Gasteiger partial charge in [-0.15, -0.1) is 11.6 Å². The minimum Gasteiger partial charge on any atom is -0.469 e. The van der Waals surface area contributed by atoms with Gasteiger partial charge in [-0.3, -0.25) is 19.2 Å². The average Bonchev–Trinajstić information content (AvgIpc) is 3.03. The van der Waals surface area contributed by atoms with Gasteiger partial charge in [0.05, 0.1) is 35.7 Å². The number of halogens is 1. The van der Waals surface area contributed by atoms with Gasteiger partial charge in [0.1, 0.15) is 11.4 Å². The number of ether oxygens (including phenoxy) is 2. The molecule has 2 aliphatic heterocycles. The molecule has 0 radical (unpaired) electrons. The maximum atomic E-state index is 14.7. The van der Waals surface area contributed by atoms with Gasteiger partial charge >= 0.3 is 5.97 Å². The standard InChI is InChI=1S/C41H59ClO8/c1-23(2)28-20-32(43)26(5)12-10-11-24(3)18-33(44)31-19-27(6)29-21-35(46)40(8,48)37-15-16-39(7,42)36(50-37)14-13-25(4)17-30(29)41(31,22-34(28)45)38(47)49-9/h12,17-18,23,28,30-31,35-37,46,48H,10-11,13-16,19-22H2,1-9H3. The predicted octanol–water partition coefficient (Wildman–Crippen LogP) is 7.33. The van der Waals surface area contributed by atoms with Gasteiger partial charge in [-0.25, -0.2) is 0 Å². The second kappa shape index (κ2) is 15.7. The van der Waals surface area contributed by atoms with Crippen molar-refractivity contribution in [1.29, 1.82) is 0 Å². The minimum absolute atomic E-state index is 0.00521. The molecular weight excluding hydrogens is 656 g/mol. The number of carbonyl (C=O) groups is 4. The van der Waals surface area contributed by atoms with Crippen LogP contribution in [-0.2, 0) is 28.7 Å². The highest BCUT2D eigenvalue weighted by Crippen LogP contribution is 2.55. The number of methoxy groups -OCH3 is 1. The molecule has 9 unspecified atom stereocenters. The first-order chi connectivity index (χ1) is 23.3. The Morgan fingerprint density at radius 1 is 1.00 bits per heavy atom. The van der Waals surface area contributed by atoms with E-state index in [0.717, 1.165) is 16.7 Å². The number of Topliss-reactive ketones (excluding diaryl/α,β-unsaturated/α-hetero) is 2. The first-order valence-electron chi connectivity index (χ1n) is 18.4. The largest absolute Gasteiger partial charge is 0.469 e. The number of fused-ring (bicyclic) bond motifs is 5. The Balaban J connectivity index is 2.00. The summed E-state index contributed by atoms with van der Waals surface area (Å²) < 4.78 is 12.0. The minimum atomic E-state index is -1.66. The van der Waals surface area contributed by atoms with Crippen LogP contribution >= 0.6 is 11.6 Å². The number of esters is 1. The smallest absolute Gasteiger partial charge is 0.313 e. The fraction of sp³-hybridized carbons (Fsp3) is 0.707. The maximum absolute atomic E-state index is 14.7. The zero-order valence-corrected chi connectivity index (χ0v) is 32.3. The molecule has 50 heavy (non-hydrogen) atoms. The van der Waals surface area contributed by atoms with Gasteiger partial charge in [-0.2, -0.15) is 0 Å². The van der Waals surface area contributed by atoms with E-state index in [4.69, 9.17) is 21.1 Å². The fourth-order valence-electron chi connectivity index (χ4n) is 8.77. The Hall–Kier alpha value is -2.39. The summed E-state index contributed by atoms with van der Waals surface area (Å²) in [5, 5.41) is 23.8. The molecule has 0 amide bonds. The number of carbonyl (C=O) groups excluding carboxylic acids is 4. The Bertz CT molecular complexity index is 1480. The monoisotopic (exact) mass is 714 g/mol. The van der Waals surface area contributed by atoms with Crippen LogP contribution in [-0.4, -0.2) is 69.4 Å². The Labute approximate surface area is 303 Å². The van der Waals surface area contributed by atoms with Crippen LogP contribution in [0.2, 0.25) is 0 Å². The molecule has 4 rings (SSSR count). The molecule has 2 heterocycles. The Morgan fingerprint density at radius 3 is 2.32 bits per heavy atom. The fourth-order valence-corrected chi connectivity index (χ4v) is 9.04. The summed E-state index contributed by atoms with van der Waals surface area (Å²) in [6, 6.07) is 0. The summed E-state index contributed by atoms with van der Waals surface area (Å²) in [5.41, 5.74) is 0.532. The predicted molar refractivity (Wildman–Crippen MR) is 194 cm³/mol. The molecule has 2 bridgehead atoms. The van der Waals surface area contributed by atoms with E-state index in [2.05, 4.69) is 0 Å². The topological polar surface area (TPSA) is 127 Å². The van der Waals surface area contributed by atoms with Crippen LogP contribution in [0.3, 0.4) is 0 Å². The SMILES string of the molecule is COC(=O)C12CC(=O)C(C(C)C)CC(=O)C(C)=CCCC(C)=CC(=O)C1CC(C)=C1CC(O)C(C)(O)C3CCC(C)(Cl)C(CCC(C)=CC12)O3. The van der Waals surface area contributed by atoms with E-state index < -0.39 is 57.9 Å². The highest BCUT2D eigenvalue weighted by Gasteiger charge is 2.60. The number of alkyl halides is 1. The number of ketones is 3. The summed E-state index contributed by atoms with van der Waals surface area (Å²) in [4.78, 5) is 56.5. The molecule has 2 aliphatic carbocycles. The van der Waals surface area contributed by atoms with Crippen LogP contribution in [0.15, 0.2) is 46.1 Å². The van der Waals surface area contributed by atoms with Crippen molar-refractivity contribution in [3.63, 3.8) is 0 Å². The van der Waals surface area contributed by atoms with Crippen LogP contribution in [0.5, 0.6) is 0 Å². The Morgan fingerprint density at radius 2 is 1.68 bits per heavy atom. The van der Waals surface area contributed by atoms with Crippen molar-refractivity contribution >= 4 is 34.9 Å². The second-order valence-corrected chi connectivity index (χ2v) is 17.3. The lowest BCUT2D eigenvalue weighted by molar-refractivity contribution is -0.196. The molecular formula is C41H59ClO8. The Kier molecular flexibility index (Phi) is 12.7. The van der Waals surface area contributed by atoms with Gasteiger partial charge < -0.3 is 19.7 Å². The zero-order chi connectivity index (χ0) is 37.3. The molecule has 0 spiro atoms. The molecule has 278 valence electrons. The van der Waals surface area contributed by atoms with Crippen LogP contribution in [0.4, 0.5) is 0 Å². The van der Waals surface area contributed by atoms with E-state index in [-0.39, 0.29) is 49.0 Å². The lowest BCUT2D eigenvalue weighted by atomic mass is 9.53. The number of rotatable bonds is 2. The van der Waals surface area contributed by atoms with Gasteiger partial charge in [0.2, 0.25) is 0 Å². The molecule has 0 aromatic carbocycles. The normalized spacial score (nSPS) is 38.4. The van der Waals surface area contributed by atoms with Crippen molar-refractivity contribution in [2.45, 2.75) is 148 Å². The lowest BCUT2D eigenvalue weighted by Crippen LogP contribution is -2.58. The molecule has 4 aliphatic rings. The maximum Gasteiger partial charge on any atom is 0.313 e. The molecule has 8 nitrogen and oxygen atoms in total. The first kappa shape index (κ1) is 40.4. The van der Waals surface area contributed by atoms with Gasteiger partial charge in [0.25, 0.3) is 0 Å². The van der Waals surface area contributed by atoms with E-state index in [1.54, 1.807) is 19.9 Å². The summed E-state index contributed by atoms with van der Waals surface area (Å²) >= 11 is 6.96. The highest BCUT2D eigenvalue weighted by molar-refractivity contribution is 6.24. The van der Waals surface area contributed by atoms with Crippen LogP contribution < -0.4 is 0 Å². The van der Waals surface area contributed by atoms with E-state index in [1.165, 1.54) is 7.11 Å². The second-order valence-electron chi connectivity index (χ2n) is 16.4. The zero-order valence-electron chi connectivity index (χ0n) is 31.6. The van der Waals surface area contributed by atoms with Crippen LogP contribution in [0.1, 0.15) is 120 Å². The molecule has 0 aromatic heterocycles. The van der Waals surface area contributed by atoms with E-state index in [9.17, 15) is 29.4 Å². The van der Waals surface area contributed by atoms with Gasteiger partial charge in [0.15, 0.2) is 11.6 Å². The number of hydrogen-bond acceptors (Lipinski definition) is 8. The third-order valence-electron chi connectivity index (χ3n) is 12.3. The number of allylic oxidation sites excluding steroid dienone is 7. The van der Waals surface area contributed by atoms with Crippen molar-refractivity contribution in [3.8, 4) is 0 Å². The van der Waals surface area contributed by atoms with E-state index >= 15 is 0 Å². The molecule has 1 fully saturated rings. The van der Waals surface area contributed by atoms with E-state index in [1.807, 2.05) is 53.7 Å². The third kappa shape index (κ3) is 8.14. The molecule has 9 heteroatoms. The first-order valence-corrected chi connectivity index (χ1v) is 18.8. The van der Waals surface area contributed by atoms with Crippen molar-refractivity contribution < 1.29 is 38.9 Å². The van der Waals surface area contributed by atoms with Gasteiger partial charge in [-0.1, -0.05) is 48.3 Å². The van der Waals surface area contributed by atoms with Crippen molar-refractivity contribution in [3.05, 3.63) is 46.1 Å². The summed E-state index contributed by atoms with van der Waals surface area (Å²) in [5.74, 6) is -3.93. The third-order valence-corrected chi connectivity index (χ3v) is 12.7. The van der Waals surface area contributed by atoms with Crippen molar-refractivity contribution in [2.24, 2.45) is 29.1 Å². The number of aliphatic hydroxyl groups is 2. The summed E-state index contributed by atoms with van der Waals surface area (Å²) in [6.45, 7) is 14.8. The highest BCUT2D eigenvalue weighted by atomic mass is 35.5. The molecule has 0 saturated carbocycles. The lowest BCUT2D eigenvalue weighted by Gasteiger charge is -2.50. The molecule has 0 aromatic rings. The molecule has 1 saturated heterocycles. The van der Waals surface area contributed by atoms with Gasteiger partial charge in [-0.05, 0) is 110 Å². The van der Waals surface area contributed by atoms with Crippen LogP contribution in [0.25, 0.3) is 0 Å². The molecule has 9 atom stereocenters. The number of aliphatic hydroxyl groups excluding tert-OH is 1. The van der Waals surface area contributed by atoms with E-state index in [0.29, 0.717) is 49.7 Å². The van der Waals surface area contributed by atoms with Crippen molar-refractivity contribution in [1.82, 2.24) is 0 Å². The average molecular weight is 715 g/mol. The van der Waals surface area contributed by atoms with Gasteiger partial charge in [0, 0.05) is 30.6 Å².